The molecule has 3 nitrogen and oxygen atoms in total. The van der Waals surface area contributed by atoms with Crippen molar-refractivity contribution in [3.05, 3.63) is 0 Å². The number of hydrogen-bond donors (Lipinski definition) is 3. The molecule has 0 aromatic carbocycles. The molecule has 4 heteroatoms. The van der Waals surface area contributed by atoms with Crippen molar-refractivity contribution < 1.29 is 9.90 Å². The molecule has 0 bridgehead atoms. The van der Waals surface area contributed by atoms with Crippen LogP contribution < -0.4 is 5.32 Å². The van der Waals surface area contributed by atoms with Gasteiger partial charge in [-0.15, -0.1) is 0 Å². The van der Waals surface area contributed by atoms with Gasteiger partial charge in [-0.1, -0.05) is 0 Å². The fourth-order valence-corrected chi connectivity index (χ4v) is 1.22. The smallest absolute Gasteiger partial charge is 0.320 e. The van der Waals surface area contributed by atoms with Crippen LogP contribution in [-0.4, -0.2) is 28.9 Å². The van der Waals surface area contributed by atoms with E-state index in [-0.39, 0.29) is 11.3 Å². The van der Waals surface area contributed by atoms with Crippen LogP contribution in [0.15, 0.2) is 0 Å². The van der Waals surface area contributed by atoms with Gasteiger partial charge in [-0.2, -0.15) is 12.6 Å². The predicted octanol–water partition coefficient (Wildman–Crippen LogP) is -0.269. The topological polar surface area (TPSA) is 49.3 Å². The Labute approximate surface area is 58.9 Å². The average Bonchev–Trinajstić information content (AvgIpc) is 2.14. The lowest BCUT2D eigenvalue weighted by molar-refractivity contribution is -0.139. The Morgan fingerprint density at radius 3 is 2.67 bits per heavy atom. The minimum Gasteiger partial charge on any atom is -0.480 e. The van der Waals surface area contributed by atoms with E-state index < -0.39 is 5.97 Å². The SMILES string of the molecule is O=C(O)[C@@H]1C[C@H](S)CN1. The van der Waals surface area contributed by atoms with Crippen LogP contribution in [0.25, 0.3) is 0 Å². The minimum atomic E-state index is -0.772. The van der Waals surface area contributed by atoms with Gasteiger partial charge in [-0.25, -0.2) is 0 Å². The summed E-state index contributed by atoms with van der Waals surface area (Å²) in [7, 11) is 0. The van der Waals surface area contributed by atoms with Gasteiger partial charge in [0.15, 0.2) is 0 Å². The summed E-state index contributed by atoms with van der Waals surface area (Å²) in [5.74, 6) is -0.772. The molecule has 52 valence electrons. The second-order valence-electron chi connectivity index (χ2n) is 2.19. The zero-order valence-electron chi connectivity index (χ0n) is 4.87. The van der Waals surface area contributed by atoms with Crippen LogP contribution in [0.4, 0.5) is 0 Å². The molecule has 0 aliphatic carbocycles. The van der Waals surface area contributed by atoms with Crippen molar-refractivity contribution in [3.8, 4) is 0 Å². The standard InChI is InChI=1S/C5H9NO2S/c7-5(8)4-1-3(9)2-6-4/h3-4,6,9H,1-2H2,(H,7,8)/t3-,4-/m0/s1. The Kier molecular flexibility index (Phi) is 1.97. The van der Waals surface area contributed by atoms with Gasteiger partial charge in [0.05, 0.1) is 0 Å². The second-order valence-corrected chi connectivity index (χ2v) is 2.92. The van der Waals surface area contributed by atoms with Gasteiger partial charge < -0.3 is 10.4 Å². The summed E-state index contributed by atoms with van der Waals surface area (Å²) in [6.07, 6.45) is 0.637. The van der Waals surface area contributed by atoms with Crippen molar-refractivity contribution in [2.45, 2.75) is 17.7 Å². The van der Waals surface area contributed by atoms with E-state index in [1.54, 1.807) is 0 Å². The summed E-state index contributed by atoms with van der Waals surface area (Å²) >= 11 is 4.12. The number of aliphatic carboxylic acids is 1. The van der Waals surface area contributed by atoms with E-state index in [2.05, 4.69) is 17.9 Å². The molecule has 1 aliphatic heterocycles. The molecule has 1 aliphatic rings. The first-order valence-electron chi connectivity index (χ1n) is 2.84. The van der Waals surface area contributed by atoms with Gasteiger partial charge in [-0.05, 0) is 6.42 Å². The molecule has 1 heterocycles. The molecular formula is C5H9NO2S. The van der Waals surface area contributed by atoms with E-state index in [0.29, 0.717) is 13.0 Å². The Balaban J connectivity index is 2.39. The summed E-state index contributed by atoms with van der Waals surface area (Å²) < 4.78 is 0. The number of carbonyl (C=O) groups is 1. The van der Waals surface area contributed by atoms with Crippen molar-refractivity contribution in [2.24, 2.45) is 0 Å². The Morgan fingerprint density at radius 2 is 2.44 bits per heavy atom. The summed E-state index contributed by atoms with van der Waals surface area (Å²) in [4.78, 5) is 10.3. The lowest BCUT2D eigenvalue weighted by atomic mass is 10.2. The quantitative estimate of drug-likeness (QED) is 0.447. The number of thiol groups is 1. The molecule has 1 rings (SSSR count). The maximum Gasteiger partial charge on any atom is 0.320 e. The maximum absolute atomic E-state index is 10.3. The van der Waals surface area contributed by atoms with Crippen LogP contribution in [0.1, 0.15) is 6.42 Å². The highest BCUT2D eigenvalue weighted by Gasteiger charge is 2.26. The fourth-order valence-electron chi connectivity index (χ4n) is 0.905. The number of carboxylic acid groups (broad SMARTS) is 1. The minimum absolute atomic E-state index is 0.214. The molecule has 0 aromatic rings. The highest BCUT2D eigenvalue weighted by Crippen LogP contribution is 2.11. The van der Waals surface area contributed by atoms with E-state index in [1.807, 2.05) is 0 Å². The molecule has 0 saturated carbocycles. The van der Waals surface area contributed by atoms with Crippen molar-refractivity contribution in [1.82, 2.24) is 5.32 Å². The largest absolute Gasteiger partial charge is 0.480 e. The highest BCUT2D eigenvalue weighted by molar-refractivity contribution is 7.81. The highest BCUT2D eigenvalue weighted by atomic mass is 32.1. The van der Waals surface area contributed by atoms with Crippen molar-refractivity contribution in [3.63, 3.8) is 0 Å². The number of hydrogen-bond acceptors (Lipinski definition) is 3. The summed E-state index contributed by atoms with van der Waals surface area (Å²) in [5, 5.41) is 11.5. The molecule has 2 N–H and O–H groups in total. The number of rotatable bonds is 1. The molecule has 0 spiro atoms. The lowest BCUT2D eigenvalue weighted by Gasteiger charge is -1.99. The van der Waals surface area contributed by atoms with Gasteiger partial charge in [0.2, 0.25) is 0 Å². The first kappa shape index (κ1) is 6.89. The van der Waals surface area contributed by atoms with E-state index in [9.17, 15) is 4.79 Å². The van der Waals surface area contributed by atoms with Crippen molar-refractivity contribution >= 4 is 18.6 Å². The van der Waals surface area contributed by atoms with Crippen molar-refractivity contribution in [2.75, 3.05) is 6.54 Å². The summed E-state index contributed by atoms with van der Waals surface area (Å²) in [5.41, 5.74) is 0. The zero-order chi connectivity index (χ0) is 6.85. The third kappa shape index (κ3) is 1.59. The van der Waals surface area contributed by atoms with Gasteiger partial charge in [0.25, 0.3) is 0 Å². The molecule has 2 atom stereocenters. The van der Waals surface area contributed by atoms with Crippen LogP contribution in [0.2, 0.25) is 0 Å². The molecule has 0 amide bonds. The number of nitrogens with one attached hydrogen (secondary N) is 1. The average molecular weight is 147 g/mol. The van der Waals surface area contributed by atoms with Gasteiger partial charge in [0.1, 0.15) is 6.04 Å². The van der Waals surface area contributed by atoms with Gasteiger partial charge in [-0.3, -0.25) is 4.79 Å². The zero-order valence-corrected chi connectivity index (χ0v) is 5.77. The first-order chi connectivity index (χ1) is 4.20. The molecule has 0 aromatic heterocycles. The van der Waals surface area contributed by atoms with Gasteiger partial charge >= 0.3 is 5.97 Å². The van der Waals surface area contributed by atoms with E-state index in [1.165, 1.54) is 0 Å². The third-order valence-electron chi connectivity index (χ3n) is 1.41. The Bertz CT molecular complexity index is 128. The number of carboxylic acids is 1. The van der Waals surface area contributed by atoms with E-state index >= 15 is 0 Å². The molecule has 1 fully saturated rings. The monoisotopic (exact) mass is 147 g/mol. The molecule has 0 radical (unpaired) electrons. The molecular weight excluding hydrogens is 138 g/mol. The molecule has 0 unspecified atom stereocenters. The van der Waals surface area contributed by atoms with Gasteiger partial charge in [0, 0.05) is 11.8 Å². The predicted molar refractivity (Wildman–Crippen MR) is 36.8 cm³/mol. The lowest BCUT2D eigenvalue weighted by Crippen LogP contribution is -2.29. The second kappa shape index (κ2) is 2.58. The van der Waals surface area contributed by atoms with Crippen LogP contribution in [0, 0.1) is 0 Å². The molecule has 9 heavy (non-hydrogen) atoms. The maximum atomic E-state index is 10.3. The van der Waals surface area contributed by atoms with E-state index in [0.717, 1.165) is 0 Å². The van der Waals surface area contributed by atoms with Crippen LogP contribution in [0.5, 0.6) is 0 Å². The first-order valence-corrected chi connectivity index (χ1v) is 3.36. The normalized spacial score (nSPS) is 34.8. The Morgan fingerprint density at radius 1 is 1.78 bits per heavy atom. The third-order valence-corrected chi connectivity index (χ3v) is 1.80. The summed E-state index contributed by atoms with van der Waals surface area (Å²) in [6.45, 7) is 0.708. The van der Waals surface area contributed by atoms with Crippen LogP contribution in [0.3, 0.4) is 0 Å². The van der Waals surface area contributed by atoms with E-state index in [4.69, 9.17) is 5.11 Å². The van der Waals surface area contributed by atoms with Crippen molar-refractivity contribution in [1.29, 1.82) is 0 Å². The molecule has 1 saturated heterocycles. The fraction of sp³-hybridized carbons (Fsp3) is 0.800. The van der Waals surface area contributed by atoms with Crippen LogP contribution >= 0.6 is 12.6 Å². The Hall–Kier alpha value is -0.220. The van der Waals surface area contributed by atoms with Crippen LogP contribution in [-0.2, 0) is 4.79 Å². The summed E-state index contributed by atoms with van der Waals surface area (Å²) in [6, 6.07) is -0.368.